The monoisotopic (exact) mass is 448 g/mol. The summed E-state index contributed by atoms with van der Waals surface area (Å²) in [7, 11) is 0. The molecule has 0 aliphatic rings. The lowest BCUT2D eigenvalue weighted by molar-refractivity contribution is 1.08. The normalized spacial score (nSPS) is 11.1. The van der Waals surface area contributed by atoms with Gasteiger partial charge >= 0.3 is 0 Å². The first-order chi connectivity index (χ1) is 9.06. The van der Waals surface area contributed by atoms with E-state index in [1.165, 1.54) is 0 Å². The van der Waals surface area contributed by atoms with E-state index < -0.39 is 0 Å². The molecule has 4 nitrogen and oxygen atoms in total. The number of nitrogens with two attached hydrogens (primary N) is 1. The molecule has 0 amide bonds. The van der Waals surface area contributed by atoms with Gasteiger partial charge in [-0.3, -0.25) is 4.57 Å². The number of aromatic nitrogens is 3. The summed E-state index contributed by atoms with van der Waals surface area (Å²) < 4.78 is 3.67. The van der Waals surface area contributed by atoms with Crippen LogP contribution in [0.25, 0.3) is 16.9 Å². The number of nitrogens with zero attached hydrogens (tertiary/aromatic N) is 3. The molecule has 19 heavy (non-hydrogen) atoms. The van der Waals surface area contributed by atoms with E-state index in [0.717, 1.165) is 19.2 Å². The Labute approximate surface area is 136 Å². The van der Waals surface area contributed by atoms with Gasteiger partial charge in [-0.15, -0.1) is 0 Å². The Morgan fingerprint density at radius 3 is 2.84 bits per heavy atom. The fourth-order valence-corrected chi connectivity index (χ4v) is 3.12. The highest BCUT2D eigenvalue weighted by molar-refractivity contribution is 14.1. The number of hydrogen-bond acceptors (Lipinski definition) is 3. The zero-order valence-corrected chi connectivity index (χ0v) is 13.9. The Morgan fingerprint density at radius 2 is 2.11 bits per heavy atom. The Morgan fingerprint density at radius 1 is 1.32 bits per heavy atom. The minimum atomic E-state index is 0.365. The number of hydrogen-bond donors (Lipinski definition) is 1. The zero-order chi connectivity index (χ0) is 13.6. The largest absolute Gasteiger partial charge is 0.369 e. The third-order valence-electron chi connectivity index (χ3n) is 2.64. The molecule has 0 saturated carbocycles. The molecule has 3 rings (SSSR count). The van der Waals surface area contributed by atoms with E-state index in [0.29, 0.717) is 16.6 Å². The standard InChI is InChI=1S/C12H7BrClIN4/c13-6-3-9-11(17-5-6)19(12(16)18-9)10-2-1-7(15)4-8(10)14/h1-5H,(H2,16,18). The second-order valence-electron chi connectivity index (χ2n) is 3.90. The van der Waals surface area contributed by atoms with Crippen molar-refractivity contribution in [3.63, 3.8) is 0 Å². The van der Waals surface area contributed by atoms with Crippen LogP contribution in [0, 0.1) is 3.57 Å². The van der Waals surface area contributed by atoms with E-state index in [1.54, 1.807) is 10.8 Å². The number of halogens is 3. The maximum Gasteiger partial charge on any atom is 0.207 e. The van der Waals surface area contributed by atoms with Gasteiger partial charge in [0.1, 0.15) is 5.52 Å². The molecule has 0 radical (unpaired) electrons. The van der Waals surface area contributed by atoms with Gasteiger partial charge in [-0.25, -0.2) is 9.97 Å². The van der Waals surface area contributed by atoms with Crippen LogP contribution in [-0.4, -0.2) is 14.5 Å². The predicted molar refractivity (Wildman–Crippen MR) is 88.7 cm³/mol. The van der Waals surface area contributed by atoms with E-state index in [4.69, 9.17) is 17.3 Å². The number of benzene rings is 1. The van der Waals surface area contributed by atoms with Crippen LogP contribution in [0.1, 0.15) is 0 Å². The molecule has 7 heteroatoms. The molecule has 2 N–H and O–H groups in total. The molecule has 96 valence electrons. The first-order valence-electron chi connectivity index (χ1n) is 5.31. The van der Waals surface area contributed by atoms with E-state index in [1.807, 2.05) is 24.3 Å². The highest BCUT2D eigenvalue weighted by Gasteiger charge is 2.14. The summed E-state index contributed by atoms with van der Waals surface area (Å²) in [5.74, 6) is 0.365. The van der Waals surface area contributed by atoms with Crippen molar-refractivity contribution in [2.45, 2.75) is 0 Å². The molecular formula is C12H7BrClIN4. The Bertz CT molecular complexity index is 787. The van der Waals surface area contributed by atoms with Crippen LogP contribution in [0.2, 0.25) is 5.02 Å². The molecule has 1 aromatic carbocycles. The minimum absolute atomic E-state index is 0.365. The summed E-state index contributed by atoms with van der Waals surface area (Å²) >= 11 is 11.9. The van der Waals surface area contributed by atoms with E-state index in [9.17, 15) is 0 Å². The lowest BCUT2D eigenvalue weighted by Crippen LogP contribution is -2.02. The number of imidazole rings is 1. The third kappa shape index (κ3) is 2.32. The van der Waals surface area contributed by atoms with Gasteiger partial charge in [0.05, 0.1) is 10.7 Å². The van der Waals surface area contributed by atoms with Crippen LogP contribution in [-0.2, 0) is 0 Å². The number of fused-ring (bicyclic) bond motifs is 1. The van der Waals surface area contributed by atoms with Gasteiger partial charge < -0.3 is 5.73 Å². The quantitative estimate of drug-likeness (QED) is 0.571. The maximum atomic E-state index is 6.28. The lowest BCUT2D eigenvalue weighted by atomic mass is 10.3. The summed E-state index contributed by atoms with van der Waals surface area (Å²) in [5.41, 5.74) is 8.16. The molecule has 3 aromatic rings. The van der Waals surface area contributed by atoms with Crippen LogP contribution in [0.15, 0.2) is 34.9 Å². The SMILES string of the molecule is Nc1nc2cc(Br)cnc2n1-c1ccc(I)cc1Cl. The topological polar surface area (TPSA) is 56.7 Å². The molecule has 2 aromatic heterocycles. The summed E-state index contributed by atoms with van der Waals surface area (Å²) in [5, 5.41) is 0.614. The highest BCUT2D eigenvalue weighted by Crippen LogP contribution is 2.29. The Hall–Kier alpha value is -0.860. The van der Waals surface area contributed by atoms with Crippen molar-refractivity contribution in [3.8, 4) is 5.69 Å². The maximum absolute atomic E-state index is 6.28. The van der Waals surface area contributed by atoms with E-state index >= 15 is 0 Å². The van der Waals surface area contributed by atoms with Gasteiger partial charge in [0.2, 0.25) is 5.95 Å². The van der Waals surface area contributed by atoms with E-state index in [2.05, 4.69) is 48.5 Å². The van der Waals surface area contributed by atoms with Crippen molar-refractivity contribution in [1.82, 2.24) is 14.5 Å². The highest BCUT2D eigenvalue weighted by atomic mass is 127. The molecule has 0 spiro atoms. The van der Waals surface area contributed by atoms with Crippen LogP contribution in [0.4, 0.5) is 5.95 Å². The van der Waals surface area contributed by atoms with E-state index in [-0.39, 0.29) is 0 Å². The summed E-state index contributed by atoms with van der Waals surface area (Å²) in [6, 6.07) is 7.62. The molecule has 0 aliphatic heterocycles. The van der Waals surface area contributed by atoms with Gasteiger partial charge in [-0.05, 0) is 62.8 Å². The smallest absolute Gasteiger partial charge is 0.207 e. The Kier molecular flexibility index (Phi) is 3.40. The predicted octanol–water partition coefficient (Wildman–Crippen LogP) is 4.02. The second kappa shape index (κ2) is 4.92. The van der Waals surface area contributed by atoms with Crippen molar-refractivity contribution < 1.29 is 0 Å². The molecule has 0 bridgehead atoms. The van der Waals surface area contributed by atoms with Gasteiger partial charge in [0.15, 0.2) is 5.65 Å². The average molecular weight is 449 g/mol. The van der Waals surface area contributed by atoms with Crippen molar-refractivity contribution in [3.05, 3.63) is 43.5 Å². The molecule has 0 atom stereocenters. The number of nitrogen functional groups attached to an aromatic ring is 1. The number of rotatable bonds is 1. The van der Waals surface area contributed by atoms with Gasteiger partial charge in [0.25, 0.3) is 0 Å². The van der Waals surface area contributed by atoms with Crippen molar-refractivity contribution in [1.29, 1.82) is 0 Å². The first-order valence-corrected chi connectivity index (χ1v) is 7.56. The lowest BCUT2D eigenvalue weighted by Gasteiger charge is -2.08. The van der Waals surface area contributed by atoms with Gasteiger partial charge in [-0.1, -0.05) is 11.6 Å². The molecule has 0 aliphatic carbocycles. The molecule has 0 unspecified atom stereocenters. The third-order valence-corrected chi connectivity index (χ3v) is 4.05. The molecule has 0 saturated heterocycles. The van der Waals surface area contributed by atoms with Crippen LogP contribution < -0.4 is 5.73 Å². The molecular weight excluding hydrogens is 442 g/mol. The minimum Gasteiger partial charge on any atom is -0.369 e. The summed E-state index contributed by atoms with van der Waals surface area (Å²) in [4.78, 5) is 8.66. The average Bonchev–Trinajstić information content (AvgIpc) is 2.65. The van der Waals surface area contributed by atoms with Crippen molar-refractivity contribution in [2.24, 2.45) is 0 Å². The summed E-state index contributed by atoms with van der Waals surface area (Å²) in [6.07, 6.45) is 1.71. The Balaban J connectivity index is 2.33. The fourth-order valence-electron chi connectivity index (χ4n) is 1.86. The van der Waals surface area contributed by atoms with Gasteiger partial charge in [-0.2, -0.15) is 0 Å². The molecule has 2 heterocycles. The van der Waals surface area contributed by atoms with Crippen LogP contribution in [0.3, 0.4) is 0 Å². The second-order valence-corrected chi connectivity index (χ2v) is 6.47. The summed E-state index contributed by atoms with van der Waals surface area (Å²) in [6.45, 7) is 0. The molecule has 0 fully saturated rings. The number of anilines is 1. The van der Waals surface area contributed by atoms with Crippen molar-refractivity contribution in [2.75, 3.05) is 5.73 Å². The fraction of sp³-hybridized carbons (Fsp3) is 0. The van der Waals surface area contributed by atoms with Crippen LogP contribution in [0.5, 0.6) is 0 Å². The number of pyridine rings is 1. The first kappa shape index (κ1) is 13.1. The van der Waals surface area contributed by atoms with Crippen molar-refractivity contribution >= 4 is 67.2 Å². The van der Waals surface area contributed by atoms with Crippen LogP contribution >= 0.6 is 50.1 Å². The van der Waals surface area contributed by atoms with Gasteiger partial charge in [0, 0.05) is 14.2 Å². The zero-order valence-electron chi connectivity index (χ0n) is 9.44.